The lowest BCUT2D eigenvalue weighted by Gasteiger charge is -2.17. The van der Waals surface area contributed by atoms with E-state index in [1.54, 1.807) is 11.3 Å². The lowest BCUT2D eigenvalue weighted by Crippen LogP contribution is -2.19. The highest BCUT2D eigenvalue weighted by Gasteiger charge is 2.15. The normalized spacial score (nSPS) is 11.7. The molecule has 0 radical (unpaired) electrons. The zero-order valence-electron chi connectivity index (χ0n) is 10.9. The number of hydrogen-bond donors (Lipinski definition) is 0. The molecule has 0 spiro atoms. The van der Waals surface area contributed by atoms with E-state index in [4.69, 9.17) is 5.26 Å². The van der Waals surface area contributed by atoms with Gasteiger partial charge in [-0.1, -0.05) is 6.42 Å². The quantitative estimate of drug-likeness (QED) is 0.698. The van der Waals surface area contributed by atoms with Crippen molar-refractivity contribution in [1.29, 1.82) is 5.26 Å². The van der Waals surface area contributed by atoms with Crippen molar-refractivity contribution in [3.8, 4) is 6.07 Å². The average Bonchev–Trinajstić information content (AvgIpc) is 2.77. The van der Waals surface area contributed by atoms with E-state index in [0.29, 0.717) is 0 Å². The minimum Gasteiger partial charge on any atom is -0.301 e. The molecule has 4 heteroatoms. The van der Waals surface area contributed by atoms with Gasteiger partial charge in [-0.25, -0.2) is 4.98 Å². The molecule has 0 amide bonds. The molecule has 0 saturated carbocycles. The first-order valence-corrected chi connectivity index (χ1v) is 6.95. The van der Waals surface area contributed by atoms with Gasteiger partial charge in [0, 0.05) is 11.9 Å². The highest BCUT2D eigenvalue weighted by atomic mass is 32.1. The molecular weight excluding hydrogens is 230 g/mol. The third-order valence-electron chi connectivity index (χ3n) is 2.81. The van der Waals surface area contributed by atoms with Crippen LogP contribution in [0.1, 0.15) is 38.8 Å². The Balaban J connectivity index is 2.13. The van der Waals surface area contributed by atoms with Crippen molar-refractivity contribution in [2.75, 3.05) is 13.6 Å². The van der Waals surface area contributed by atoms with E-state index in [9.17, 15) is 0 Å². The van der Waals surface area contributed by atoms with Gasteiger partial charge >= 0.3 is 0 Å². The van der Waals surface area contributed by atoms with Gasteiger partial charge in [0.25, 0.3) is 0 Å². The highest BCUT2D eigenvalue weighted by molar-refractivity contribution is 7.07. The minimum atomic E-state index is -0.173. The van der Waals surface area contributed by atoms with E-state index in [-0.39, 0.29) is 5.41 Å². The second-order valence-corrected chi connectivity index (χ2v) is 5.89. The molecule has 0 saturated heterocycles. The van der Waals surface area contributed by atoms with E-state index in [0.717, 1.165) is 38.0 Å². The fourth-order valence-corrected chi connectivity index (χ4v) is 2.23. The summed E-state index contributed by atoms with van der Waals surface area (Å²) in [6, 6.07) is 2.34. The molecule has 0 unspecified atom stereocenters. The average molecular weight is 251 g/mol. The lowest BCUT2D eigenvalue weighted by atomic mass is 9.89. The Morgan fingerprint density at radius 3 is 2.82 bits per heavy atom. The molecule has 3 nitrogen and oxygen atoms in total. The molecule has 0 fully saturated rings. The van der Waals surface area contributed by atoms with Crippen LogP contribution in [0.3, 0.4) is 0 Å². The number of unbranched alkanes of at least 4 members (excludes halogenated alkanes) is 1. The molecule has 0 bridgehead atoms. The molecular formula is C13H21N3S. The Morgan fingerprint density at radius 2 is 2.24 bits per heavy atom. The number of nitrogens with zero attached hydrogens (tertiary/aromatic N) is 3. The summed E-state index contributed by atoms with van der Waals surface area (Å²) in [5.74, 6) is 0. The summed E-state index contributed by atoms with van der Waals surface area (Å²) in [5.41, 5.74) is 2.85. The first-order valence-electron chi connectivity index (χ1n) is 6.00. The van der Waals surface area contributed by atoms with Crippen molar-refractivity contribution < 1.29 is 0 Å². The Morgan fingerprint density at radius 1 is 1.47 bits per heavy atom. The van der Waals surface area contributed by atoms with Crippen molar-refractivity contribution in [1.82, 2.24) is 9.88 Å². The molecule has 1 aromatic rings. The fourth-order valence-electron chi connectivity index (χ4n) is 1.68. The maximum absolute atomic E-state index is 8.91. The topological polar surface area (TPSA) is 39.9 Å². The molecule has 1 heterocycles. The second kappa shape index (κ2) is 6.73. The monoisotopic (exact) mass is 251 g/mol. The molecule has 1 rings (SSSR count). The van der Waals surface area contributed by atoms with Crippen molar-refractivity contribution >= 4 is 11.3 Å². The van der Waals surface area contributed by atoms with E-state index in [1.165, 1.54) is 0 Å². The van der Waals surface area contributed by atoms with Crippen molar-refractivity contribution in [2.24, 2.45) is 5.41 Å². The summed E-state index contributed by atoms with van der Waals surface area (Å²) in [5, 5.41) is 11.0. The van der Waals surface area contributed by atoms with Crippen LogP contribution in [0.2, 0.25) is 0 Å². The molecule has 0 aliphatic rings. The molecule has 0 aliphatic heterocycles. The van der Waals surface area contributed by atoms with Gasteiger partial charge in [-0.2, -0.15) is 5.26 Å². The van der Waals surface area contributed by atoms with Crippen LogP contribution in [0.25, 0.3) is 0 Å². The summed E-state index contributed by atoms with van der Waals surface area (Å²) >= 11 is 1.64. The summed E-state index contributed by atoms with van der Waals surface area (Å²) in [6.07, 6.45) is 3.24. The molecule has 0 N–H and O–H groups in total. The third-order valence-corrected chi connectivity index (χ3v) is 3.44. The highest BCUT2D eigenvalue weighted by Crippen LogP contribution is 2.21. The molecule has 17 heavy (non-hydrogen) atoms. The van der Waals surface area contributed by atoms with Gasteiger partial charge in [0.2, 0.25) is 0 Å². The first kappa shape index (κ1) is 14.1. The molecule has 94 valence electrons. The number of thiazole rings is 1. The van der Waals surface area contributed by atoms with Gasteiger partial charge < -0.3 is 4.90 Å². The summed E-state index contributed by atoms with van der Waals surface area (Å²) in [6.45, 7) is 6.00. The summed E-state index contributed by atoms with van der Waals surface area (Å²) in [4.78, 5) is 6.56. The Labute approximate surface area is 108 Å². The predicted molar refractivity (Wildman–Crippen MR) is 71.7 cm³/mol. The number of nitriles is 1. The van der Waals surface area contributed by atoms with Crippen LogP contribution in [-0.2, 0) is 6.54 Å². The minimum absolute atomic E-state index is 0.173. The van der Waals surface area contributed by atoms with E-state index < -0.39 is 0 Å². The SMILES string of the molecule is CN(CCCCC(C)(C)C#N)Cc1cscn1. The zero-order chi connectivity index (χ0) is 12.7. The number of hydrogen-bond acceptors (Lipinski definition) is 4. The van der Waals surface area contributed by atoms with Crippen LogP contribution in [0.5, 0.6) is 0 Å². The van der Waals surface area contributed by atoms with Gasteiger partial charge in [0.05, 0.1) is 22.7 Å². The maximum Gasteiger partial charge on any atom is 0.0795 e. The van der Waals surface area contributed by atoms with Crippen molar-refractivity contribution in [3.63, 3.8) is 0 Å². The van der Waals surface area contributed by atoms with Crippen molar-refractivity contribution in [2.45, 2.75) is 39.7 Å². The maximum atomic E-state index is 8.91. The Hall–Kier alpha value is -0.920. The van der Waals surface area contributed by atoms with Gasteiger partial charge in [-0.15, -0.1) is 11.3 Å². The van der Waals surface area contributed by atoms with Crippen molar-refractivity contribution in [3.05, 3.63) is 16.6 Å². The largest absolute Gasteiger partial charge is 0.301 e. The second-order valence-electron chi connectivity index (χ2n) is 5.17. The Bertz CT molecular complexity index is 351. The zero-order valence-corrected chi connectivity index (χ0v) is 11.8. The fraction of sp³-hybridized carbons (Fsp3) is 0.692. The van der Waals surface area contributed by atoms with Gasteiger partial charge in [-0.3, -0.25) is 0 Å². The first-order chi connectivity index (χ1) is 8.03. The predicted octanol–water partition coefficient (Wildman–Crippen LogP) is 3.29. The van der Waals surface area contributed by atoms with Gasteiger partial charge in [0.15, 0.2) is 0 Å². The van der Waals surface area contributed by atoms with Crippen LogP contribution in [0.4, 0.5) is 0 Å². The number of rotatable bonds is 7. The van der Waals surface area contributed by atoms with Crippen LogP contribution in [-0.4, -0.2) is 23.5 Å². The Kier molecular flexibility index (Phi) is 5.60. The molecule has 0 aromatic carbocycles. The van der Waals surface area contributed by atoms with E-state index in [1.807, 2.05) is 19.4 Å². The smallest absolute Gasteiger partial charge is 0.0795 e. The van der Waals surface area contributed by atoms with E-state index in [2.05, 4.69) is 28.4 Å². The van der Waals surface area contributed by atoms with Crippen LogP contribution >= 0.6 is 11.3 Å². The summed E-state index contributed by atoms with van der Waals surface area (Å²) in [7, 11) is 2.12. The third kappa shape index (κ3) is 5.81. The standard InChI is InChI=1S/C13H21N3S/c1-13(2,10-14)6-4-5-7-16(3)8-12-9-17-11-15-12/h9,11H,4-8H2,1-3H3. The molecule has 0 aliphatic carbocycles. The van der Waals surface area contributed by atoms with E-state index >= 15 is 0 Å². The lowest BCUT2D eigenvalue weighted by molar-refractivity contribution is 0.304. The van der Waals surface area contributed by atoms with Crippen LogP contribution < -0.4 is 0 Å². The van der Waals surface area contributed by atoms with Crippen LogP contribution in [0, 0.1) is 16.7 Å². The van der Waals surface area contributed by atoms with Gasteiger partial charge in [-0.05, 0) is 40.3 Å². The number of aromatic nitrogens is 1. The summed E-state index contributed by atoms with van der Waals surface area (Å²) < 4.78 is 0. The molecule has 0 atom stereocenters. The molecule has 1 aromatic heterocycles. The van der Waals surface area contributed by atoms with Crippen LogP contribution in [0.15, 0.2) is 10.9 Å². The van der Waals surface area contributed by atoms with Gasteiger partial charge in [0.1, 0.15) is 0 Å².